The number of carbonyl (C=O) groups excluding carboxylic acids is 1. The van der Waals surface area contributed by atoms with E-state index in [0.717, 1.165) is 12.0 Å². The highest BCUT2D eigenvalue weighted by atomic mass is 35.5. The number of hydrogen-bond donors (Lipinski definition) is 1. The molecule has 1 N–H and O–H groups in total. The van der Waals surface area contributed by atoms with Crippen LogP contribution in [-0.4, -0.2) is 28.9 Å². The zero-order valence-electron chi connectivity index (χ0n) is 14.2. The van der Waals surface area contributed by atoms with Gasteiger partial charge in [-0.3, -0.25) is 9.78 Å². The summed E-state index contributed by atoms with van der Waals surface area (Å²) in [5, 5.41) is 12.7. The summed E-state index contributed by atoms with van der Waals surface area (Å²) in [5.41, 5.74) is 1.64. The van der Waals surface area contributed by atoms with Gasteiger partial charge in [0, 0.05) is 37.4 Å². The molecule has 2 rings (SSSR count). The SMILES string of the molecule is CCN(/C=C(/C#N)C(=O)Nc1ccc(Cl)c(Cl)c1)CCc1ccncc1. The van der Waals surface area contributed by atoms with Crippen molar-refractivity contribution in [2.75, 3.05) is 18.4 Å². The number of carbonyl (C=O) groups is 1. The first kappa shape index (κ1) is 19.8. The van der Waals surface area contributed by atoms with Crippen molar-refractivity contribution >= 4 is 34.8 Å². The van der Waals surface area contributed by atoms with Crippen LogP contribution in [0.4, 0.5) is 5.69 Å². The van der Waals surface area contributed by atoms with E-state index in [0.29, 0.717) is 28.8 Å². The molecule has 0 atom stereocenters. The molecule has 1 amide bonds. The highest BCUT2D eigenvalue weighted by Crippen LogP contribution is 2.25. The Kier molecular flexibility index (Phi) is 7.46. The molecule has 0 radical (unpaired) electrons. The van der Waals surface area contributed by atoms with Crippen molar-refractivity contribution in [3.8, 4) is 6.07 Å². The first-order chi connectivity index (χ1) is 12.5. The Morgan fingerprint density at radius 2 is 2.00 bits per heavy atom. The number of nitriles is 1. The Hall–Kier alpha value is -2.55. The smallest absolute Gasteiger partial charge is 0.267 e. The summed E-state index contributed by atoms with van der Waals surface area (Å²) in [5.74, 6) is -0.492. The Morgan fingerprint density at radius 1 is 1.27 bits per heavy atom. The van der Waals surface area contributed by atoms with Crippen molar-refractivity contribution in [2.24, 2.45) is 0 Å². The van der Waals surface area contributed by atoms with Gasteiger partial charge in [-0.05, 0) is 49.2 Å². The second-order valence-electron chi connectivity index (χ2n) is 5.47. The van der Waals surface area contributed by atoms with Gasteiger partial charge in [0.2, 0.25) is 0 Å². The fraction of sp³-hybridized carbons (Fsp3) is 0.211. The largest absolute Gasteiger partial charge is 0.376 e. The number of amides is 1. The van der Waals surface area contributed by atoms with Crippen molar-refractivity contribution in [3.05, 3.63) is 70.1 Å². The number of nitrogens with one attached hydrogen (secondary N) is 1. The Morgan fingerprint density at radius 3 is 2.62 bits per heavy atom. The maximum absolute atomic E-state index is 12.4. The van der Waals surface area contributed by atoms with Crippen molar-refractivity contribution < 1.29 is 4.79 Å². The predicted molar refractivity (Wildman–Crippen MR) is 104 cm³/mol. The van der Waals surface area contributed by atoms with Crippen molar-refractivity contribution in [1.82, 2.24) is 9.88 Å². The van der Waals surface area contributed by atoms with Crippen LogP contribution in [0.5, 0.6) is 0 Å². The highest BCUT2D eigenvalue weighted by Gasteiger charge is 2.12. The molecule has 0 spiro atoms. The van der Waals surface area contributed by atoms with Crippen LogP contribution in [0.1, 0.15) is 12.5 Å². The van der Waals surface area contributed by atoms with Crippen molar-refractivity contribution in [1.29, 1.82) is 5.26 Å². The lowest BCUT2D eigenvalue weighted by Gasteiger charge is -2.18. The average Bonchev–Trinajstić information content (AvgIpc) is 2.65. The topological polar surface area (TPSA) is 69.0 Å². The lowest BCUT2D eigenvalue weighted by Crippen LogP contribution is -2.23. The molecule has 0 aliphatic carbocycles. The summed E-state index contributed by atoms with van der Waals surface area (Å²) in [4.78, 5) is 18.3. The fourth-order valence-corrected chi connectivity index (χ4v) is 2.53. The number of pyridine rings is 1. The first-order valence-electron chi connectivity index (χ1n) is 8.04. The molecule has 1 heterocycles. The lowest BCUT2D eigenvalue weighted by atomic mass is 10.2. The predicted octanol–water partition coefficient (Wildman–Crippen LogP) is 4.30. The van der Waals surface area contributed by atoms with Gasteiger partial charge in [-0.15, -0.1) is 0 Å². The zero-order chi connectivity index (χ0) is 18.9. The van der Waals surface area contributed by atoms with Gasteiger partial charge in [-0.25, -0.2) is 0 Å². The Labute approximate surface area is 162 Å². The number of nitrogens with zero attached hydrogens (tertiary/aromatic N) is 3. The molecule has 0 saturated carbocycles. The van der Waals surface area contributed by atoms with Gasteiger partial charge in [-0.1, -0.05) is 23.2 Å². The molecule has 0 unspecified atom stereocenters. The van der Waals surface area contributed by atoms with E-state index < -0.39 is 5.91 Å². The molecule has 0 saturated heterocycles. The number of aromatic nitrogens is 1. The van der Waals surface area contributed by atoms with Gasteiger partial charge in [0.15, 0.2) is 0 Å². The minimum Gasteiger partial charge on any atom is -0.376 e. The van der Waals surface area contributed by atoms with E-state index in [2.05, 4.69) is 10.3 Å². The van der Waals surface area contributed by atoms with E-state index >= 15 is 0 Å². The molecule has 2 aromatic rings. The minimum atomic E-state index is -0.492. The monoisotopic (exact) mass is 388 g/mol. The molecule has 0 aliphatic heterocycles. The third-order valence-electron chi connectivity index (χ3n) is 3.70. The quantitative estimate of drug-likeness (QED) is 0.566. The molecule has 0 bridgehead atoms. The van der Waals surface area contributed by atoms with E-state index in [4.69, 9.17) is 23.2 Å². The van der Waals surface area contributed by atoms with Crippen LogP contribution in [0.15, 0.2) is 54.5 Å². The van der Waals surface area contributed by atoms with E-state index in [9.17, 15) is 10.1 Å². The number of halogens is 2. The Bertz CT molecular complexity index is 831. The summed E-state index contributed by atoms with van der Waals surface area (Å²) < 4.78 is 0. The normalized spacial score (nSPS) is 10.9. The summed E-state index contributed by atoms with van der Waals surface area (Å²) in [6.07, 6.45) is 5.85. The second kappa shape index (κ2) is 9.81. The first-order valence-corrected chi connectivity index (χ1v) is 8.80. The van der Waals surface area contributed by atoms with Crippen LogP contribution >= 0.6 is 23.2 Å². The maximum atomic E-state index is 12.4. The van der Waals surface area contributed by atoms with Crippen LogP contribution in [0.25, 0.3) is 0 Å². The van der Waals surface area contributed by atoms with Crippen LogP contribution in [-0.2, 0) is 11.2 Å². The highest BCUT2D eigenvalue weighted by molar-refractivity contribution is 6.42. The lowest BCUT2D eigenvalue weighted by molar-refractivity contribution is -0.112. The fourth-order valence-electron chi connectivity index (χ4n) is 2.23. The van der Waals surface area contributed by atoms with E-state index in [1.54, 1.807) is 30.7 Å². The molecule has 0 fully saturated rings. The third kappa shape index (κ3) is 5.76. The van der Waals surface area contributed by atoms with Gasteiger partial charge in [0.05, 0.1) is 10.0 Å². The molecule has 134 valence electrons. The molecule has 26 heavy (non-hydrogen) atoms. The van der Waals surface area contributed by atoms with E-state index in [1.165, 1.54) is 6.07 Å². The second-order valence-corrected chi connectivity index (χ2v) is 6.29. The summed E-state index contributed by atoms with van der Waals surface area (Å²) in [6, 6.07) is 10.6. The number of likely N-dealkylation sites (N-methyl/N-ethyl adjacent to an activating group) is 1. The van der Waals surface area contributed by atoms with Gasteiger partial charge in [-0.2, -0.15) is 5.26 Å². The number of benzene rings is 1. The molecule has 7 heteroatoms. The molecular weight excluding hydrogens is 371 g/mol. The van der Waals surface area contributed by atoms with Gasteiger partial charge >= 0.3 is 0 Å². The zero-order valence-corrected chi connectivity index (χ0v) is 15.8. The summed E-state index contributed by atoms with van der Waals surface area (Å²) >= 11 is 11.8. The minimum absolute atomic E-state index is 0.0210. The number of hydrogen-bond acceptors (Lipinski definition) is 4. The van der Waals surface area contributed by atoms with Gasteiger partial charge in [0.1, 0.15) is 11.6 Å². The Balaban J connectivity index is 2.04. The summed E-state index contributed by atoms with van der Waals surface area (Å²) in [6.45, 7) is 3.33. The molecule has 1 aromatic heterocycles. The molecule has 5 nitrogen and oxygen atoms in total. The molecule has 0 aliphatic rings. The van der Waals surface area contributed by atoms with Crippen LogP contribution in [0.2, 0.25) is 10.0 Å². The van der Waals surface area contributed by atoms with E-state index in [1.807, 2.05) is 30.0 Å². The number of anilines is 1. The third-order valence-corrected chi connectivity index (χ3v) is 4.44. The van der Waals surface area contributed by atoms with Gasteiger partial charge < -0.3 is 10.2 Å². The van der Waals surface area contributed by atoms with E-state index in [-0.39, 0.29) is 5.57 Å². The van der Waals surface area contributed by atoms with Crippen molar-refractivity contribution in [3.63, 3.8) is 0 Å². The average molecular weight is 389 g/mol. The molecule has 1 aromatic carbocycles. The standard InChI is InChI=1S/C19H18Cl2N4O/c1-2-25(10-7-14-5-8-23-9-6-14)13-15(12-22)19(26)24-16-3-4-17(20)18(21)11-16/h3-6,8-9,11,13H,2,7,10H2,1H3,(H,24,26)/b15-13-. The summed E-state index contributed by atoms with van der Waals surface area (Å²) in [7, 11) is 0. The molecular formula is C19H18Cl2N4O. The van der Waals surface area contributed by atoms with Crippen LogP contribution < -0.4 is 5.32 Å². The van der Waals surface area contributed by atoms with Crippen LogP contribution in [0.3, 0.4) is 0 Å². The van der Waals surface area contributed by atoms with Crippen LogP contribution in [0, 0.1) is 11.3 Å². The van der Waals surface area contributed by atoms with Crippen molar-refractivity contribution in [2.45, 2.75) is 13.3 Å². The number of rotatable bonds is 7. The maximum Gasteiger partial charge on any atom is 0.267 e. The van der Waals surface area contributed by atoms with Gasteiger partial charge in [0.25, 0.3) is 5.91 Å².